The van der Waals surface area contributed by atoms with Crippen LogP contribution < -0.4 is 5.73 Å². The average Bonchev–Trinajstić information content (AvgIpc) is 3.01. The van der Waals surface area contributed by atoms with Crippen LogP contribution in [0.4, 0.5) is 0 Å². The van der Waals surface area contributed by atoms with Gasteiger partial charge in [-0.3, -0.25) is 0 Å². The van der Waals surface area contributed by atoms with Crippen molar-refractivity contribution in [2.75, 3.05) is 0 Å². The summed E-state index contributed by atoms with van der Waals surface area (Å²) in [5.41, 5.74) is 7.11. The van der Waals surface area contributed by atoms with Gasteiger partial charge in [-0.2, -0.15) is 4.98 Å². The monoisotopic (exact) mass is 279 g/mol. The summed E-state index contributed by atoms with van der Waals surface area (Å²) in [6.07, 6.45) is 4.89. The van der Waals surface area contributed by atoms with Gasteiger partial charge in [0.2, 0.25) is 5.89 Å². The van der Waals surface area contributed by atoms with Gasteiger partial charge in [-0.15, -0.1) is 12.4 Å². The maximum atomic E-state index is 6.30. The van der Waals surface area contributed by atoms with E-state index in [1.165, 1.54) is 5.56 Å². The molecule has 3 rings (SSSR count). The summed E-state index contributed by atoms with van der Waals surface area (Å²) >= 11 is 0. The lowest BCUT2D eigenvalue weighted by Gasteiger charge is -2.17. The quantitative estimate of drug-likeness (QED) is 0.938. The van der Waals surface area contributed by atoms with Gasteiger partial charge in [0.05, 0.1) is 12.0 Å². The standard InChI is InChI=1S/C14H17N3O.ClH/c15-14(8-4-5-9-14)13-16-12(18-17-13)10-11-6-2-1-3-7-11;/h1-3,6-7H,4-5,8-10,15H2;1H. The summed E-state index contributed by atoms with van der Waals surface area (Å²) in [4.78, 5) is 4.46. The molecule has 5 heteroatoms. The molecule has 0 saturated heterocycles. The molecule has 2 aromatic rings. The molecule has 19 heavy (non-hydrogen) atoms. The van der Waals surface area contributed by atoms with Gasteiger partial charge in [-0.25, -0.2) is 0 Å². The van der Waals surface area contributed by atoms with E-state index in [9.17, 15) is 0 Å². The third kappa shape index (κ3) is 2.96. The molecule has 0 bridgehead atoms. The Morgan fingerprint density at radius 3 is 2.53 bits per heavy atom. The van der Waals surface area contributed by atoms with Gasteiger partial charge in [0.25, 0.3) is 0 Å². The van der Waals surface area contributed by atoms with E-state index in [2.05, 4.69) is 22.3 Å². The number of nitrogens with zero attached hydrogens (tertiary/aromatic N) is 2. The van der Waals surface area contributed by atoms with Crippen LogP contribution in [0, 0.1) is 0 Å². The van der Waals surface area contributed by atoms with E-state index >= 15 is 0 Å². The first-order valence-electron chi connectivity index (χ1n) is 6.42. The van der Waals surface area contributed by atoms with Crippen molar-refractivity contribution >= 4 is 12.4 Å². The van der Waals surface area contributed by atoms with Crippen molar-refractivity contribution in [2.45, 2.75) is 37.6 Å². The van der Waals surface area contributed by atoms with Crippen LogP contribution >= 0.6 is 12.4 Å². The Morgan fingerprint density at radius 1 is 1.16 bits per heavy atom. The van der Waals surface area contributed by atoms with Crippen LogP contribution in [0.15, 0.2) is 34.9 Å². The van der Waals surface area contributed by atoms with E-state index in [-0.39, 0.29) is 17.9 Å². The van der Waals surface area contributed by atoms with Crippen molar-refractivity contribution in [1.82, 2.24) is 10.1 Å². The number of halogens is 1. The van der Waals surface area contributed by atoms with Crippen molar-refractivity contribution in [3.05, 3.63) is 47.6 Å². The van der Waals surface area contributed by atoms with Gasteiger partial charge >= 0.3 is 0 Å². The molecule has 1 aromatic carbocycles. The highest BCUT2D eigenvalue weighted by Gasteiger charge is 2.35. The third-order valence-electron chi connectivity index (χ3n) is 3.61. The fourth-order valence-electron chi connectivity index (χ4n) is 2.53. The Kier molecular flexibility index (Phi) is 4.22. The second-order valence-corrected chi connectivity index (χ2v) is 5.04. The van der Waals surface area contributed by atoms with Crippen LogP contribution in [0.2, 0.25) is 0 Å². The second kappa shape index (κ2) is 5.72. The molecule has 2 N–H and O–H groups in total. The van der Waals surface area contributed by atoms with Gasteiger partial charge < -0.3 is 10.3 Å². The molecular weight excluding hydrogens is 262 g/mol. The first-order chi connectivity index (χ1) is 8.76. The van der Waals surface area contributed by atoms with Gasteiger partial charge in [0.1, 0.15) is 0 Å². The summed E-state index contributed by atoms with van der Waals surface area (Å²) < 4.78 is 5.31. The number of nitrogens with two attached hydrogens (primary N) is 1. The van der Waals surface area contributed by atoms with E-state index < -0.39 is 0 Å². The predicted octanol–water partition coefficient (Wildman–Crippen LogP) is 2.81. The summed E-state index contributed by atoms with van der Waals surface area (Å²) in [6, 6.07) is 10.1. The van der Waals surface area contributed by atoms with Gasteiger partial charge in [0, 0.05) is 0 Å². The van der Waals surface area contributed by atoms with Crippen LogP contribution in [0.1, 0.15) is 43.0 Å². The van der Waals surface area contributed by atoms with Gasteiger partial charge in [-0.05, 0) is 18.4 Å². The third-order valence-corrected chi connectivity index (χ3v) is 3.61. The van der Waals surface area contributed by atoms with Crippen LogP contribution in [0.3, 0.4) is 0 Å². The lowest BCUT2D eigenvalue weighted by atomic mass is 9.99. The zero-order chi connectivity index (χ0) is 12.4. The molecule has 0 aliphatic heterocycles. The predicted molar refractivity (Wildman–Crippen MR) is 75.1 cm³/mol. The maximum absolute atomic E-state index is 6.30. The van der Waals surface area contributed by atoms with Crippen molar-refractivity contribution in [2.24, 2.45) is 5.73 Å². The van der Waals surface area contributed by atoms with Gasteiger partial charge in [0.15, 0.2) is 5.82 Å². The van der Waals surface area contributed by atoms with Crippen molar-refractivity contribution < 1.29 is 4.52 Å². The van der Waals surface area contributed by atoms with Gasteiger partial charge in [-0.1, -0.05) is 48.3 Å². The number of aromatic nitrogens is 2. The molecule has 0 unspecified atom stereocenters. The van der Waals surface area contributed by atoms with Crippen LogP contribution in [0.5, 0.6) is 0 Å². The summed E-state index contributed by atoms with van der Waals surface area (Å²) in [5.74, 6) is 1.32. The lowest BCUT2D eigenvalue weighted by molar-refractivity contribution is 0.352. The van der Waals surface area contributed by atoms with E-state index in [4.69, 9.17) is 10.3 Å². The van der Waals surface area contributed by atoms with Crippen LogP contribution in [-0.4, -0.2) is 10.1 Å². The van der Waals surface area contributed by atoms with E-state index in [1.54, 1.807) is 0 Å². The van der Waals surface area contributed by atoms with Crippen molar-refractivity contribution in [1.29, 1.82) is 0 Å². The minimum atomic E-state index is -0.363. The summed E-state index contributed by atoms with van der Waals surface area (Å²) in [5, 5.41) is 4.06. The second-order valence-electron chi connectivity index (χ2n) is 5.04. The van der Waals surface area contributed by atoms with E-state index in [1.807, 2.05) is 18.2 Å². The van der Waals surface area contributed by atoms with Crippen molar-refractivity contribution in [3.63, 3.8) is 0 Å². The number of hydrogen-bond donors (Lipinski definition) is 1. The number of benzene rings is 1. The fraction of sp³-hybridized carbons (Fsp3) is 0.429. The maximum Gasteiger partial charge on any atom is 0.231 e. The molecule has 0 atom stereocenters. The summed E-state index contributed by atoms with van der Waals surface area (Å²) in [7, 11) is 0. The Morgan fingerprint density at radius 2 is 1.84 bits per heavy atom. The zero-order valence-electron chi connectivity index (χ0n) is 10.7. The highest BCUT2D eigenvalue weighted by molar-refractivity contribution is 5.85. The molecule has 1 fully saturated rings. The fourth-order valence-corrected chi connectivity index (χ4v) is 2.53. The Labute approximate surface area is 118 Å². The normalized spacial score (nSPS) is 17.1. The number of rotatable bonds is 3. The SMILES string of the molecule is Cl.NC1(c2noc(Cc3ccccc3)n2)CCCC1. The smallest absolute Gasteiger partial charge is 0.231 e. The largest absolute Gasteiger partial charge is 0.339 e. The molecule has 0 spiro atoms. The molecule has 1 aliphatic carbocycles. The van der Waals surface area contributed by atoms with Crippen LogP contribution in [0.25, 0.3) is 0 Å². The van der Waals surface area contributed by atoms with E-state index in [0.29, 0.717) is 18.1 Å². The Bertz CT molecular complexity index is 520. The molecule has 1 heterocycles. The summed E-state index contributed by atoms with van der Waals surface area (Å²) in [6.45, 7) is 0. The lowest BCUT2D eigenvalue weighted by Crippen LogP contribution is -2.34. The number of hydrogen-bond acceptors (Lipinski definition) is 4. The topological polar surface area (TPSA) is 64.9 Å². The molecule has 1 saturated carbocycles. The Hall–Kier alpha value is -1.39. The highest BCUT2D eigenvalue weighted by Crippen LogP contribution is 2.34. The Balaban J connectivity index is 0.00000133. The van der Waals surface area contributed by atoms with E-state index in [0.717, 1.165) is 25.7 Å². The molecule has 102 valence electrons. The first kappa shape index (κ1) is 14.0. The zero-order valence-corrected chi connectivity index (χ0v) is 11.5. The average molecular weight is 280 g/mol. The minimum absolute atomic E-state index is 0. The molecular formula is C14H18ClN3O. The first-order valence-corrected chi connectivity index (χ1v) is 6.42. The molecule has 4 nitrogen and oxygen atoms in total. The highest BCUT2D eigenvalue weighted by atomic mass is 35.5. The molecule has 0 radical (unpaired) electrons. The minimum Gasteiger partial charge on any atom is -0.339 e. The van der Waals surface area contributed by atoms with Crippen LogP contribution in [-0.2, 0) is 12.0 Å². The molecule has 0 amide bonds. The molecule has 1 aliphatic rings. The van der Waals surface area contributed by atoms with Crippen molar-refractivity contribution in [3.8, 4) is 0 Å². The molecule has 1 aromatic heterocycles.